The van der Waals surface area contributed by atoms with Gasteiger partial charge in [0.05, 0.1) is 17.8 Å². The Morgan fingerprint density at radius 3 is 2.66 bits per heavy atom. The molecule has 0 radical (unpaired) electrons. The first-order valence-electron chi connectivity index (χ1n) is 10.7. The van der Waals surface area contributed by atoms with Gasteiger partial charge in [0.15, 0.2) is 11.6 Å². The molecule has 2 heterocycles. The number of aryl methyl sites for hydroxylation is 2. The summed E-state index contributed by atoms with van der Waals surface area (Å²) in [6.45, 7) is 5.10. The summed E-state index contributed by atoms with van der Waals surface area (Å²) < 4.78 is 23.3. The number of aliphatic hydroxyl groups excluding tert-OH is 1. The Morgan fingerprint density at radius 2 is 2.00 bits per heavy atom. The Kier molecular flexibility index (Phi) is 5.66. The number of halogens is 3. The van der Waals surface area contributed by atoms with Crippen LogP contribution in [0.3, 0.4) is 0 Å². The van der Waals surface area contributed by atoms with E-state index >= 15 is 4.39 Å². The van der Waals surface area contributed by atoms with Crippen molar-refractivity contribution in [2.45, 2.75) is 44.9 Å². The first kappa shape index (κ1) is 21.7. The van der Waals surface area contributed by atoms with Crippen LogP contribution in [0.15, 0.2) is 36.5 Å². The monoisotopic (exact) mass is 475 g/mol. The lowest BCUT2D eigenvalue weighted by atomic mass is 10.1. The number of hydrogen-bond donors (Lipinski definition) is 1. The molecule has 32 heavy (non-hydrogen) atoms. The predicted molar refractivity (Wildman–Crippen MR) is 123 cm³/mol. The van der Waals surface area contributed by atoms with Crippen molar-refractivity contribution in [2.24, 2.45) is 0 Å². The smallest absolute Gasteiger partial charge is 0.167 e. The lowest BCUT2D eigenvalue weighted by Gasteiger charge is -2.30. The molecule has 1 aliphatic heterocycles. The normalized spacial score (nSPS) is 23.0. The molecule has 5 rings (SSSR count). The van der Waals surface area contributed by atoms with Gasteiger partial charge in [-0.3, -0.25) is 4.90 Å². The van der Waals surface area contributed by atoms with E-state index in [1.165, 1.54) is 6.07 Å². The zero-order valence-electron chi connectivity index (χ0n) is 17.9. The van der Waals surface area contributed by atoms with Gasteiger partial charge in [0.25, 0.3) is 0 Å². The molecule has 168 valence electrons. The third-order valence-electron chi connectivity index (χ3n) is 6.38. The Labute approximate surface area is 196 Å². The van der Waals surface area contributed by atoms with Crippen molar-refractivity contribution < 1.29 is 14.2 Å². The van der Waals surface area contributed by atoms with Gasteiger partial charge in [-0.2, -0.15) is 0 Å². The van der Waals surface area contributed by atoms with Crippen LogP contribution in [-0.4, -0.2) is 44.8 Å². The molecule has 0 unspecified atom stereocenters. The summed E-state index contributed by atoms with van der Waals surface area (Å²) in [6.07, 6.45) is 2.44. The summed E-state index contributed by atoms with van der Waals surface area (Å²) in [6, 6.07) is 8.45. The van der Waals surface area contributed by atoms with E-state index in [0.717, 1.165) is 29.2 Å². The van der Waals surface area contributed by atoms with Crippen LogP contribution in [0.2, 0.25) is 10.0 Å². The molecular weight excluding hydrogens is 452 g/mol. The van der Waals surface area contributed by atoms with E-state index in [9.17, 15) is 5.11 Å². The molecule has 3 aromatic rings. The fourth-order valence-electron chi connectivity index (χ4n) is 4.90. The number of benzene rings is 2. The lowest BCUT2D eigenvalue weighted by Crippen LogP contribution is -2.39. The minimum Gasteiger partial charge on any atom is -0.481 e. The highest BCUT2D eigenvalue weighted by atomic mass is 35.5. The number of nitrogens with zero attached hydrogens (tertiary/aromatic N) is 3. The van der Waals surface area contributed by atoms with E-state index in [-0.39, 0.29) is 17.9 Å². The van der Waals surface area contributed by atoms with E-state index < -0.39 is 11.9 Å². The van der Waals surface area contributed by atoms with E-state index in [1.54, 1.807) is 12.1 Å². The zero-order valence-corrected chi connectivity index (χ0v) is 19.4. The maximum Gasteiger partial charge on any atom is 0.167 e. The first-order chi connectivity index (χ1) is 15.3. The number of aliphatic hydroxyl groups is 1. The van der Waals surface area contributed by atoms with Gasteiger partial charge < -0.3 is 14.4 Å². The minimum atomic E-state index is -0.449. The second-order valence-electron chi connectivity index (χ2n) is 8.62. The molecule has 0 spiro atoms. The summed E-state index contributed by atoms with van der Waals surface area (Å²) in [7, 11) is 0. The molecule has 1 aromatic heterocycles. The molecule has 5 nitrogen and oxygen atoms in total. The number of ether oxygens (including phenoxy) is 1. The van der Waals surface area contributed by atoms with Crippen LogP contribution in [0, 0.1) is 19.7 Å². The number of fused-ring (bicyclic) bond motifs is 1. The molecule has 3 atom stereocenters. The molecule has 8 heteroatoms. The molecule has 1 N–H and O–H groups in total. The topological polar surface area (TPSA) is 50.5 Å². The maximum atomic E-state index is 15.2. The van der Waals surface area contributed by atoms with Crippen molar-refractivity contribution in [1.82, 2.24) is 14.5 Å². The van der Waals surface area contributed by atoms with Crippen LogP contribution < -0.4 is 4.74 Å². The highest BCUT2D eigenvalue weighted by Gasteiger charge is 2.42. The summed E-state index contributed by atoms with van der Waals surface area (Å²) in [5.41, 5.74) is 3.40. The largest absolute Gasteiger partial charge is 0.481 e. The number of β-amino-alcohol motifs (C(OH)–C–C–N with tert-alkyl or cyclic N) is 1. The van der Waals surface area contributed by atoms with E-state index in [1.807, 2.05) is 36.7 Å². The van der Waals surface area contributed by atoms with Gasteiger partial charge in [-0.05, 0) is 56.5 Å². The van der Waals surface area contributed by atoms with E-state index in [4.69, 9.17) is 27.9 Å². The quantitative estimate of drug-likeness (QED) is 0.573. The van der Waals surface area contributed by atoms with Crippen molar-refractivity contribution in [3.05, 3.63) is 75.0 Å². The average Bonchev–Trinajstić information content (AvgIpc) is 3.41. The van der Waals surface area contributed by atoms with Gasteiger partial charge in [-0.15, -0.1) is 0 Å². The van der Waals surface area contributed by atoms with Gasteiger partial charge in [0.1, 0.15) is 11.9 Å². The minimum absolute atomic E-state index is 0.0595. The Balaban J connectivity index is 1.49. The second-order valence-corrected chi connectivity index (χ2v) is 9.46. The van der Waals surface area contributed by atoms with Crippen molar-refractivity contribution in [2.75, 3.05) is 13.1 Å². The molecule has 0 saturated carbocycles. The Hall–Kier alpha value is -2.12. The van der Waals surface area contributed by atoms with Crippen LogP contribution in [0.5, 0.6) is 5.75 Å². The second kappa shape index (κ2) is 8.34. The standard InChI is InChI=1S/C24H24Cl2FN3O2/c1-13-11-30(14(2)28-13)16-3-4-23(21(27)9-16)32-24-19-7-15(25)8-20(26)18(19)10-22(24)29-6-5-17(31)12-29/h3-4,7-9,11,17,22,24,31H,5-6,10,12H2,1-2H3/t17-,22+,24-/m1/s1. The highest BCUT2D eigenvalue weighted by molar-refractivity contribution is 6.35. The number of rotatable bonds is 4. The predicted octanol–water partition coefficient (Wildman–Crippen LogP) is 5.05. The number of hydrogen-bond acceptors (Lipinski definition) is 4. The van der Waals surface area contributed by atoms with Crippen LogP contribution in [0.1, 0.15) is 35.2 Å². The highest BCUT2D eigenvalue weighted by Crippen LogP contribution is 2.43. The molecule has 2 aromatic carbocycles. The van der Waals surface area contributed by atoms with E-state index in [2.05, 4.69) is 9.88 Å². The summed E-state index contributed by atoms with van der Waals surface area (Å²) in [4.78, 5) is 6.58. The molecule has 2 aliphatic rings. The van der Waals surface area contributed by atoms with Gasteiger partial charge in [0.2, 0.25) is 0 Å². The van der Waals surface area contributed by atoms with Crippen molar-refractivity contribution >= 4 is 23.2 Å². The van der Waals surface area contributed by atoms with E-state index in [0.29, 0.717) is 35.1 Å². The fourth-order valence-corrected chi connectivity index (χ4v) is 5.49. The Bertz CT molecular complexity index is 1180. The number of aromatic nitrogens is 2. The maximum absolute atomic E-state index is 15.2. The van der Waals surface area contributed by atoms with Crippen LogP contribution in [0.25, 0.3) is 5.69 Å². The molecular formula is C24H24Cl2FN3O2. The molecule has 1 saturated heterocycles. The van der Waals surface area contributed by atoms with Crippen molar-refractivity contribution in [1.29, 1.82) is 0 Å². The summed E-state index contributed by atoms with van der Waals surface area (Å²) >= 11 is 12.8. The fraction of sp³-hybridized carbons (Fsp3) is 0.375. The number of imidazole rings is 1. The number of likely N-dealkylation sites (tertiary alicyclic amines) is 1. The lowest BCUT2D eigenvalue weighted by molar-refractivity contribution is 0.0790. The molecule has 1 fully saturated rings. The molecule has 0 bridgehead atoms. The molecule has 1 aliphatic carbocycles. The van der Waals surface area contributed by atoms with Crippen molar-refractivity contribution in [3.8, 4) is 11.4 Å². The third kappa shape index (κ3) is 3.90. The zero-order chi connectivity index (χ0) is 22.6. The summed E-state index contributed by atoms with van der Waals surface area (Å²) in [5.74, 6) is 0.509. The van der Waals surface area contributed by atoms with Crippen LogP contribution in [0.4, 0.5) is 4.39 Å². The first-order valence-corrected chi connectivity index (χ1v) is 11.4. The van der Waals surface area contributed by atoms with Gasteiger partial charge in [-0.1, -0.05) is 23.2 Å². The third-order valence-corrected chi connectivity index (χ3v) is 6.93. The SMILES string of the molecule is Cc1cn(-c2ccc(O[C@@H]3c4cc(Cl)cc(Cl)c4C[C@@H]3N3CC[C@@H](O)C3)c(F)c2)c(C)n1. The van der Waals surface area contributed by atoms with Crippen LogP contribution >= 0.6 is 23.2 Å². The van der Waals surface area contributed by atoms with Gasteiger partial charge >= 0.3 is 0 Å². The molecule has 0 amide bonds. The Morgan fingerprint density at radius 1 is 1.19 bits per heavy atom. The van der Waals surface area contributed by atoms with Gasteiger partial charge in [-0.25, -0.2) is 9.37 Å². The van der Waals surface area contributed by atoms with Crippen LogP contribution in [-0.2, 0) is 6.42 Å². The van der Waals surface area contributed by atoms with Crippen molar-refractivity contribution in [3.63, 3.8) is 0 Å². The average molecular weight is 476 g/mol. The summed E-state index contributed by atoms with van der Waals surface area (Å²) in [5, 5.41) is 11.2. The van der Waals surface area contributed by atoms with Gasteiger partial charge in [0, 0.05) is 46.6 Å².